The van der Waals surface area contributed by atoms with Crippen molar-refractivity contribution in [2.45, 2.75) is 12.5 Å². The van der Waals surface area contributed by atoms with Crippen molar-refractivity contribution in [3.8, 4) is 0 Å². The molecular weight excluding hydrogens is 247 g/mol. The average molecular weight is 257 g/mol. The molecule has 0 saturated heterocycles. The van der Waals surface area contributed by atoms with Crippen molar-refractivity contribution in [2.24, 2.45) is 0 Å². The van der Waals surface area contributed by atoms with E-state index in [0.717, 1.165) is 5.56 Å². The highest BCUT2D eigenvalue weighted by molar-refractivity contribution is 7.07. The number of halogens is 2. The molecule has 0 aliphatic rings. The second-order valence-electron chi connectivity index (χ2n) is 3.51. The zero-order chi connectivity index (χ0) is 11.5. The molecule has 0 spiro atoms. The van der Waals surface area contributed by atoms with E-state index in [4.69, 9.17) is 11.6 Å². The van der Waals surface area contributed by atoms with Crippen molar-refractivity contribution in [3.05, 3.63) is 57.0 Å². The van der Waals surface area contributed by atoms with Crippen LogP contribution >= 0.6 is 22.9 Å². The molecule has 1 aromatic heterocycles. The van der Waals surface area contributed by atoms with Crippen LogP contribution in [0.4, 0.5) is 4.39 Å². The maximum absolute atomic E-state index is 13.0. The molecule has 0 aliphatic carbocycles. The van der Waals surface area contributed by atoms with Crippen LogP contribution in [0.15, 0.2) is 35.0 Å². The zero-order valence-corrected chi connectivity index (χ0v) is 9.93. The van der Waals surface area contributed by atoms with Gasteiger partial charge in [-0.3, -0.25) is 0 Å². The summed E-state index contributed by atoms with van der Waals surface area (Å²) in [5.74, 6) is -0.336. The van der Waals surface area contributed by atoms with Crippen molar-refractivity contribution in [1.82, 2.24) is 0 Å². The minimum Gasteiger partial charge on any atom is -0.388 e. The molecule has 1 nitrogen and oxygen atoms in total. The van der Waals surface area contributed by atoms with Gasteiger partial charge in [0.15, 0.2) is 0 Å². The number of aliphatic hydroxyl groups excluding tert-OH is 1. The van der Waals surface area contributed by atoms with Gasteiger partial charge in [-0.2, -0.15) is 11.3 Å². The van der Waals surface area contributed by atoms with Crippen molar-refractivity contribution < 1.29 is 9.50 Å². The van der Waals surface area contributed by atoms with Crippen molar-refractivity contribution in [3.63, 3.8) is 0 Å². The van der Waals surface area contributed by atoms with E-state index in [1.807, 2.05) is 16.8 Å². The summed E-state index contributed by atoms with van der Waals surface area (Å²) in [6.45, 7) is 0. The predicted octanol–water partition coefficient (Wildman–Crippen LogP) is 3.82. The summed E-state index contributed by atoms with van der Waals surface area (Å²) in [5.41, 5.74) is 1.46. The first-order chi connectivity index (χ1) is 7.66. The highest BCUT2D eigenvalue weighted by Gasteiger charge is 2.11. The van der Waals surface area contributed by atoms with Crippen LogP contribution in [0.1, 0.15) is 17.2 Å². The van der Waals surface area contributed by atoms with Gasteiger partial charge in [0.2, 0.25) is 0 Å². The lowest BCUT2D eigenvalue weighted by molar-refractivity contribution is 0.179. The molecule has 84 valence electrons. The van der Waals surface area contributed by atoms with Crippen molar-refractivity contribution in [2.75, 3.05) is 0 Å². The SMILES string of the molecule is OC(Cc1cc(F)ccc1Cl)c1ccsc1. The third-order valence-corrected chi connectivity index (χ3v) is 3.42. The molecule has 0 bridgehead atoms. The van der Waals surface area contributed by atoms with Gasteiger partial charge in [-0.15, -0.1) is 0 Å². The molecule has 16 heavy (non-hydrogen) atoms. The van der Waals surface area contributed by atoms with E-state index in [2.05, 4.69) is 0 Å². The van der Waals surface area contributed by atoms with E-state index in [1.165, 1.54) is 29.5 Å². The third kappa shape index (κ3) is 2.61. The Hall–Kier alpha value is -0.900. The highest BCUT2D eigenvalue weighted by atomic mass is 35.5. The molecule has 0 saturated carbocycles. The number of hydrogen-bond donors (Lipinski definition) is 1. The Labute approximate surface area is 102 Å². The number of hydrogen-bond acceptors (Lipinski definition) is 2. The van der Waals surface area contributed by atoms with Gasteiger partial charge in [-0.25, -0.2) is 4.39 Å². The fourth-order valence-corrected chi connectivity index (χ4v) is 2.39. The van der Waals surface area contributed by atoms with Crippen LogP contribution in [0.5, 0.6) is 0 Å². The van der Waals surface area contributed by atoms with Crippen LogP contribution in [0.2, 0.25) is 5.02 Å². The minimum atomic E-state index is -0.634. The Morgan fingerprint density at radius 3 is 2.88 bits per heavy atom. The van der Waals surface area contributed by atoms with Gasteiger partial charge in [-0.05, 0) is 46.2 Å². The predicted molar refractivity (Wildman–Crippen MR) is 64.4 cm³/mol. The van der Waals surface area contributed by atoms with Crippen LogP contribution in [0.3, 0.4) is 0 Å². The molecule has 1 heterocycles. The lowest BCUT2D eigenvalue weighted by atomic mass is 10.0. The molecule has 0 radical (unpaired) electrons. The van der Waals surface area contributed by atoms with Crippen LogP contribution in [-0.4, -0.2) is 5.11 Å². The molecule has 2 rings (SSSR count). The van der Waals surface area contributed by atoms with E-state index >= 15 is 0 Å². The van der Waals surface area contributed by atoms with Crippen LogP contribution in [-0.2, 0) is 6.42 Å². The number of benzene rings is 1. The second-order valence-corrected chi connectivity index (χ2v) is 4.70. The van der Waals surface area contributed by atoms with Gasteiger partial charge < -0.3 is 5.11 Å². The maximum atomic E-state index is 13.0. The molecule has 1 unspecified atom stereocenters. The Kier molecular flexibility index (Phi) is 3.59. The topological polar surface area (TPSA) is 20.2 Å². The Bertz CT molecular complexity index is 470. The van der Waals surface area contributed by atoms with Crippen LogP contribution in [0, 0.1) is 5.82 Å². The van der Waals surface area contributed by atoms with Crippen molar-refractivity contribution >= 4 is 22.9 Å². The summed E-state index contributed by atoms with van der Waals surface area (Å²) >= 11 is 7.45. The highest BCUT2D eigenvalue weighted by Crippen LogP contribution is 2.25. The molecular formula is C12H10ClFOS. The quantitative estimate of drug-likeness (QED) is 0.885. The summed E-state index contributed by atoms with van der Waals surface area (Å²) in [4.78, 5) is 0. The summed E-state index contributed by atoms with van der Waals surface area (Å²) in [6, 6.07) is 6.02. The summed E-state index contributed by atoms with van der Waals surface area (Å²) in [5, 5.41) is 14.2. The summed E-state index contributed by atoms with van der Waals surface area (Å²) in [6.07, 6.45) is -0.307. The summed E-state index contributed by atoms with van der Waals surface area (Å²) in [7, 11) is 0. The molecule has 0 aliphatic heterocycles. The third-order valence-electron chi connectivity index (χ3n) is 2.35. The van der Waals surface area contributed by atoms with Gasteiger partial charge in [0.25, 0.3) is 0 Å². The van der Waals surface area contributed by atoms with E-state index in [9.17, 15) is 9.50 Å². The van der Waals surface area contributed by atoms with Gasteiger partial charge in [-0.1, -0.05) is 11.6 Å². The lowest BCUT2D eigenvalue weighted by Crippen LogP contribution is -2.01. The van der Waals surface area contributed by atoms with Gasteiger partial charge in [0.1, 0.15) is 5.82 Å². The molecule has 0 fully saturated rings. The molecule has 2 aromatic rings. The fourth-order valence-electron chi connectivity index (χ4n) is 1.49. The largest absolute Gasteiger partial charge is 0.388 e. The van der Waals surface area contributed by atoms with Gasteiger partial charge in [0.05, 0.1) is 6.10 Å². The second kappa shape index (κ2) is 4.95. The molecule has 4 heteroatoms. The summed E-state index contributed by atoms with van der Waals surface area (Å²) < 4.78 is 13.0. The first-order valence-corrected chi connectivity index (χ1v) is 6.13. The Balaban J connectivity index is 2.17. The lowest BCUT2D eigenvalue weighted by Gasteiger charge is -2.10. The Morgan fingerprint density at radius 2 is 2.19 bits per heavy atom. The first kappa shape index (κ1) is 11.6. The maximum Gasteiger partial charge on any atom is 0.123 e. The molecule has 0 amide bonds. The van der Waals surface area contributed by atoms with Crippen LogP contribution in [0.25, 0.3) is 0 Å². The Morgan fingerprint density at radius 1 is 1.38 bits per heavy atom. The molecule has 1 N–H and O–H groups in total. The fraction of sp³-hybridized carbons (Fsp3) is 0.167. The van der Waals surface area contributed by atoms with Crippen LogP contribution < -0.4 is 0 Å². The minimum absolute atomic E-state index is 0.327. The smallest absolute Gasteiger partial charge is 0.123 e. The van der Waals surface area contributed by atoms with E-state index in [1.54, 1.807) is 0 Å². The number of aliphatic hydroxyl groups is 1. The van der Waals surface area contributed by atoms with E-state index in [-0.39, 0.29) is 5.82 Å². The molecule has 1 aromatic carbocycles. The molecule has 1 atom stereocenters. The zero-order valence-electron chi connectivity index (χ0n) is 8.36. The average Bonchev–Trinajstić information content (AvgIpc) is 2.76. The van der Waals surface area contributed by atoms with Gasteiger partial charge in [0, 0.05) is 11.4 Å². The van der Waals surface area contributed by atoms with E-state index < -0.39 is 6.10 Å². The number of thiophene rings is 1. The normalized spacial score (nSPS) is 12.7. The van der Waals surface area contributed by atoms with E-state index in [0.29, 0.717) is 17.0 Å². The van der Waals surface area contributed by atoms with Gasteiger partial charge >= 0.3 is 0 Å². The standard InChI is InChI=1S/C12H10ClFOS/c13-11-2-1-10(14)5-9(11)6-12(15)8-3-4-16-7-8/h1-5,7,12,15H,6H2. The monoisotopic (exact) mass is 256 g/mol. The number of rotatable bonds is 3. The van der Waals surface area contributed by atoms with Crippen molar-refractivity contribution in [1.29, 1.82) is 0 Å². The first-order valence-electron chi connectivity index (χ1n) is 4.81.